The van der Waals surface area contributed by atoms with E-state index >= 15 is 0 Å². The molecule has 0 saturated heterocycles. The first-order chi connectivity index (χ1) is 9.46. The molecule has 20 heavy (non-hydrogen) atoms. The molecule has 0 radical (unpaired) electrons. The molecule has 0 bridgehead atoms. The Labute approximate surface area is 125 Å². The molecule has 1 aromatic carbocycles. The summed E-state index contributed by atoms with van der Waals surface area (Å²) in [4.78, 5) is 2.54. The lowest BCUT2D eigenvalue weighted by molar-refractivity contribution is 0.0623. The van der Waals surface area contributed by atoms with Crippen LogP contribution in [-0.2, 0) is 0 Å². The van der Waals surface area contributed by atoms with Crippen molar-refractivity contribution in [1.82, 2.24) is 4.90 Å². The van der Waals surface area contributed by atoms with Crippen molar-refractivity contribution in [2.75, 3.05) is 13.1 Å². The fourth-order valence-corrected chi connectivity index (χ4v) is 3.57. The van der Waals surface area contributed by atoms with Crippen LogP contribution in [0.25, 0.3) is 0 Å². The van der Waals surface area contributed by atoms with Crippen LogP contribution in [0.15, 0.2) is 18.2 Å². The summed E-state index contributed by atoms with van der Waals surface area (Å²) < 4.78 is 0. The van der Waals surface area contributed by atoms with E-state index in [1.807, 2.05) is 0 Å². The highest BCUT2D eigenvalue weighted by atomic mass is 15.2. The van der Waals surface area contributed by atoms with Gasteiger partial charge in [-0.3, -0.25) is 4.90 Å². The maximum Gasteiger partial charge on any atom is 0.0484 e. The Morgan fingerprint density at radius 2 is 1.60 bits per heavy atom. The molecule has 0 fully saturated rings. The fourth-order valence-electron chi connectivity index (χ4n) is 3.57. The van der Waals surface area contributed by atoms with Gasteiger partial charge in [-0.25, -0.2) is 0 Å². The summed E-state index contributed by atoms with van der Waals surface area (Å²) >= 11 is 0. The molecule has 0 amide bonds. The summed E-state index contributed by atoms with van der Waals surface area (Å²) in [5.74, 6) is 0. The number of hydrogen-bond donors (Lipinski definition) is 1. The van der Waals surface area contributed by atoms with E-state index in [-0.39, 0.29) is 11.6 Å². The summed E-state index contributed by atoms with van der Waals surface area (Å²) in [6.45, 7) is 15.4. The number of aryl methyl sites for hydroxylation is 2. The SMILES string of the molecule is CCN(CC)C(CC)(CC)C(N)c1cc(C)ccc1C. The molecule has 1 rings (SSSR count). The largest absolute Gasteiger partial charge is 0.322 e. The monoisotopic (exact) mass is 276 g/mol. The van der Waals surface area contributed by atoms with Gasteiger partial charge in [0.15, 0.2) is 0 Å². The highest BCUT2D eigenvalue weighted by Gasteiger charge is 2.39. The van der Waals surface area contributed by atoms with E-state index in [1.165, 1.54) is 16.7 Å². The predicted molar refractivity (Wildman–Crippen MR) is 89.1 cm³/mol. The second kappa shape index (κ2) is 7.24. The lowest BCUT2D eigenvalue weighted by Crippen LogP contribution is -2.55. The van der Waals surface area contributed by atoms with Crippen molar-refractivity contribution < 1.29 is 0 Å². The van der Waals surface area contributed by atoms with Crippen LogP contribution in [0.5, 0.6) is 0 Å². The molecule has 2 N–H and O–H groups in total. The molecular weight excluding hydrogens is 244 g/mol. The molecule has 0 aliphatic carbocycles. The van der Waals surface area contributed by atoms with Gasteiger partial charge in [0, 0.05) is 11.6 Å². The van der Waals surface area contributed by atoms with Crippen LogP contribution in [0.4, 0.5) is 0 Å². The summed E-state index contributed by atoms with van der Waals surface area (Å²) in [5, 5.41) is 0. The van der Waals surface area contributed by atoms with Crippen LogP contribution in [0, 0.1) is 13.8 Å². The zero-order valence-corrected chi connectivity index (χ0v) is 14.2. The average Bonchev–Trinajstić information content (AvgIpc) is 2.46. The molecule has 114 valence electrons. The number of nitrogens with two attached hydrogens (primary N) is 1. The topological polar surface area (TPSA) is 29.3 Å². The molecule has 2 nitrogen and oxygen atoms in total. The standard InChI is InChI=1S/C18H32N2/c1-7-18(8-2,20(9-3)10-4)17(19)16-13-14(5)11-12-15(16)6/h11-13,17H,7-10,19H2,1-6H3. The van der Waals surface area contributed by atoms with E-state index in [0.717, 1.165) is 25.9 Å². The molecule has 1 unspecified atom stereocenters. The number of likely N-dealkylation sites (N-methyl/N-ethyl adjacent to an activating group) is 1. The Balaban J connectivity index is 3.29. The molecule has 0 aliphatic rings. The number of hydrogen-bond acceptors (Lipinski definition) is 2. The van der Waals surface area contributed by atoms with Crippen molar-refractivity contribution in [3.63, 3.8) is 0 Å². The van der Waals surface area contributed by atoms with Crippen molar-refractivity contribution in [3.05, 3.63) is 34.9 Å². The third-order valence-corrected chi connectivity index (χ3v) is 4.97. The molecule has 1 atom stereocenters. The molecule has 0 saturated carbocycles. The van der Waals surface area contributed by atoms with Crippen molar-refractivity contribution in [1.29, 1.82) is 0 Å². The minimum Gasteiger partial charge on any atom is -0.322 e. The van der Waals surface area contributed by atoms with Gasteiger partial charge >= 0.3 is 0 Å². The van der Waals surface area contributed by atoms with Gasteiger partial charge in [0.1, 0.15) is 0 Å². The molecular formula is C18H32N2. The first kappa shape index (κ1) is 17.2. The van der Waals surface area contributed by atoms with Gasteiger partial charge in [-0.15, -0.1) is 0 Å². The minimum absolute atomic E-state index is 0.0576. The van der Waals surface area contributed by atoms with Crippen LogP contribution in [0.1, 0.15) is 63.3 Å². The van der Waals surface area contributed by atoms with Gasteiger partial charge in [0.2, 0.25) is 0 Å². The van der Waals surface area contributed by atoms with Crippen molar-refractivity contribution in [2.45, 2.75) is 66.0 Å². The van der Waals surface area contributed by atoms with Gasteiger partial charge in [0.05, 0.1) is 0 Å². The van der Waals surface area contributed by atoms with Gasteiger partial charge in [-0.05, 0) is 50.9 Å². The molecule has 0 aliphatic heterocycles. The number of benzene rings is 1. The second-order valence-corrected chi connectivity index (χ2v) is 5.82. The van der Waals surface area contributed by atoms with Gasteiger partial charge in [-0.1, -0.05) is 51.5 Å². The smallest absolute Gasteiger partial charge is 0.0484 e. The Hall–Kier alpha value is -0.860. The number of rotatable bonds is 7. The normalized spacial score (nSPS) is 13.8. The third kappa shape index (κ3) is 3.07. The minimum atomic E-state index is 0.0576. The lowest BCUT2D eigenvalue weighted by Gasteiger charge is -2.47. The lowest BCUT2D eigenvalue weighted by atomic mass is 9.78. The van der Waals surface area contributed by atoms with E-state index in [9.17, 15) is 0 Å². The van der Waals surface area contributed by atoms with E-state index in [4.69, 9.17) is 5.73 Å². The van der Waals surface area contributed by atoms with Gasteiger partial charge in [0.25, 0.3) is 0 Å². The Morgan fingerprint density at radius 1 is 1.05 bits per heavy atom. The Bertz CT molecular complexity index is 417. The van der Waals surface area contributed by atoms with Crippen LogP contribution in [-0.4, -0.2) is 23.5 Å². The Kier molecular flexibility index (Phi) is 6.22. The molecule has 0 aromatic heterocycles. The maximum atomic E-state index is 6.78. The first-order valence-electron chi connectivity index (χ1n) is 8.04. The highest BCUT2D eigenvalue weighted by Crippen LogP contribution is 2.37. The molecule has 0 spiro atoms. The molecule has 1 aromatic rings. The van der Waals surface area contributed by atoms with Crippen molar-refractivity contribution in [2.24, 2.45) is 5.73 Å². The van der Waals surface area contributed by atoms with Gasteiger partial charge in [-0.2, -0.15) is 0 Å². The number of nitrogens with zero attached hydrogens (tertiary/aromatic N) is 1. The fraction of sp³-hybridized carbons (Fsp3) is 0.667. The van der Waals surface area contributed by atoms with Crippen molar-refractivity contribution in [3.8, 4) is 0 Å². The predicted octanol–water partition coefficient (Wildman–Crippen LogP) is 4.20. The second-order valence-electron chi connectivity index (χ2n) is 5.82. The summed E-state index contributed by atoms with van der Waals surface area (Å²) in [5.41, 5.74) is 10.7. The first-order valence-corrected chi connectivity index (χ1v) is 8.04. The molecule has 2 heteroatoms. The van der Waals surface area contributed by atoms with Crippen molar-refractivity contribution >= 4 is 0 Å². The highest BCUT2D eigenvalue weighted by molar-refractivity contribution is 5.35. The molecule has 0 heterocycles. The van der Waals surface area contributed by atoms with E-state index in [2.05, 4.69) is 64.6 Å². The van der Waals surface area contributed by atoms with Crippen LogP contribution in [0.3, 0.4) is 0 Å². The van der Waals surface area contributed by atoms with Crippen LogP contribution < -0.4 is 5.73 Å². The van der Waals surface area contributed by atoms with Crippen LogP contribution in [0.2, 0.25) is 0 Å². The Morgan fingerprint density at radius 3 is 2.05 bits per heavy atom. The summed E-state index contributed by atoms with van der Waals surface area (Å²) in [6.07, 6.45) is 2.17. The van der Waals surface area contributed by atoms with E-state index in [0.29, 0.717) is 0 Å². The van der Waals surface area contributed by atoms with E-state index < -0.39 is 0 Å². The zero-order chi connectivity index (χ0) is 15.3. The zero-order valence-electron chi connectivity index (χ0n) is 14.2. The third-order valence-electron chi connectivity index (χ3n) is 4.97. The van der Waals surface area contributed by atoms with Gasteiger partial charge < -0.3 is 5.73 Å². The maximum absolute atomic E-state index is 6.78. The van der Waals surface area contributed by atoms with E-state index in [1.54, 1.807) is 0 Å². The quantitative estimate of drug-likeness (QED) is 0.808. The summed E-state index contributed by atoms with van der Waals surface area (Å²) in [7, 11) is 0. The summed E-state index contributed by atoms with van der Waals surface area (Å²) in [6, 6.07) is 6.70. The average molecular weight is 276 g/mol. The van der Waals surface area contributed by atoms with Crippen LogP contribution >= 0.6 is 0 Å².